The molecule has 0 aliphatic heterocycles. The zero-order chi connectivity index (χ0) is 14.2. The van der Waals surface area contributed by atoms with Crippen LogP contribution in [0.5, 0.6) is 0 Å². The summed E-state index contributed by atoms with van der Waals surface area (Å²) in [5.74, 6) is -5.83. The number of aromatic nitrogens is 4. The molecule has 0 fully saturated rings. The molecule has 0 radical (unpaired) electrons. The van der Waals surface area contributed by atoms with Crippen LogP contribution in [0.25, 0.3) is 11.4 Å². The summed E-state index contributed by atoms with van der Waals surface area (Å²) in [6.45, 7) is 1.29. The highest BCUT2D eigenvalue weighted by Gasteiger charge is 2.22. The smallest absolute Gasteiger partial charge is 0.328 e. The molecule has 6 nitrogen and oxygen atoms in total. The van der Waals surface area contributed by atoms with Gasteiger partial charge in [0.15, 0.2) is 29.3 Å². The molecular formula is C10H7F3N4O2. The average molecular weight is 272 g/mol. The summed E-state index contributed by atoms with van der Waals surface area (Å²) < 4.78 is 39.9. The first-order chi connectivity index (χ1) is 8.91. The Bertz CT molecular complexity index is 620. The number of hydrogen-bond donors (Lipinski definition) is 1. The molecule has 1 heterocycles. The van der Waals surface area contributed by atoms with Crippen molar-refractivity contribution in [1.82, 2.24) is 20.2 Å². The highest BCUT2D eigenvalue weighted by Crippen LogP contribution is 2.23. The van der Waals surface area contributed by atoms with Crippen LogP contribution in [0.3, 0.4) is 0 Å². The summed E-state index contributed by atoms with van der Waals surface area (Å²) in [6, 6.07) is 0.242. The van der Waals surface area contributed by atoms with Crippen LogP contribution in [-0.4, -0.2) is 31.3 Å². The molecule has 1 aromatic heterocycles. The molecular weight excluding hydrogens is 265 g/mol. The molecule has 0 saturated heterocycles. The van der Waals surface area contributed by atoms with Gasteiger partial charge < -0.3 is 5.11 Å². The topological polar surface area (TPSA) is 80.9 Å². The van der Waals surface area contributed by atoms with E-state index in [1.807, 2.05) is 0 Å². The lowest BCUT2D eigenvalue weighted by molar-refractivity contribution is -0.140. The molecule has 0 spiro atoms. The van der Waals surface area contributed by atoms with E-state index in [0.29, 0.717) is 12.1 Å². The van der Waals surface area contributed by atoms with Crippen molar-refractivity contribution >= 4 is 5.97 Å². The van der Waals surface area contributed by atoms with E-state index in [0.717, 1.165) is 4.68 Å². The summed E-state index contributed by atoms with van der Waals surface area (Å²) in [6.07, 6.45) is 0. The zero-order valence-corrected chi connectivity index (χ0v) is 9.51. The second-order valence-corrected chi connectivity index (χ2v) is 3.72. The predicted molar refractivity (Wildman–Crippen MR) is 55.5 cm³/mol. The van der Waals surface area contributed by atoms with Crippen LogP contribution in [0.4, 0.5) is 13.2 Å². The third kappa shape index (κ3) is 2.26. The third-order valence-corrected chi connectivity index (χ3v) is 2.46. The van der Waals surface area contributed by atoms with Crippen molar-refractivity contribution in [2.45, 2.75) is 13.0 Å². The summed E-state index contributed by atoms with van der Waals surface area (Å²) in [7, 11) is 0. The fourth-order valence-electron chi connectivity index (χ4n) is 1.43. The Balaban J connectivity index is 2.55. The van der Waals surface area contributed by atoms with Crippen LogP contribution in [0, 0.1) is 17.5 Å². The van der Waals surface area contributed by atoms with Gasteiger partial charge in [-0.3, -0.25) is 0 Å². The van der Waals surface area contributed by atoms with E-state index in [9.17, 15) is 18.0 Å². The first-order valence-electron chi connectivity index (χ1n) is 5.07. The van der Waals surface area contributed by atoms with Gasteiger partial charge in [0.1, 0.15) is 0 Å². The highest BCUT2D eigenvalue weighted by atomic mass is 19.2. The minimum atomic E-state index is -1.62. The SMILES string of the molecule is CC(C(=O)O)n1nnnc1-c1cc(F)c(F)c(F)c1. The van der Waals surface area contributed by atoms with Crippen molar-refractivity contribution in [2.24, 2.45) is 0 Å². The van der Waals surface area contributed by atoms with Gasteiger partial charge in [0.25, 0.3) is 0 Å². The Hall–Kier alpha value is -2.45. The van der Waals surface area contributed by atoms with E-state index in [-0.39, 0.29) is 11.4 Å². The van der Waals surface area contributed by atoms with Crippen molar-refractivity contribution in [2.75, 3.05) is 0 Å². The quantitative estimate of drug-likeness (QED) is 0.854. The minimum absolute atomic E-state index is 0.158. The standard InChI is InChI=1S/C10H7F3N4O2/c1-4(10(18)19)17-9(14-15-16-17)5-2-6(11)8(13)7(12)3-5/h2-4H,1H3,(H,18,19). The molecule has 100 valence electrons. The Morgan fingerprint density at radius 1 is 1.32 bits per heavy atom. The minimum Gasteiger partial charge on any atom is -0.480 e. The Morgan fingerprint density at radius 3 is 2.42 bits per heavy atom. The van der Waals surface area contributed by atoms with Gasteiger partial charge in [-0.1, -0.05) is 0 Å². The molecule has 1 aromatic carbocycles. The van der Waals surface area contributed by atoms with E-state index in [1.54, 1.807) is 0 Å². The molecule has 2 aromatic rings. The Kier molecular flexibility index (Phi) is 3.19. The first-order valence-corrected chi connectivity index (χ1v) is 5.07. The number of aliphatic carboxylic acids is 1. The molecule has 2 rings (SSSR count). The fourth-order valence-corrected chi connectivity index (χ4v) is 1.43. The normalized spacial score (nSPS) is 12.4. The maximum absolute atomic E-state index is 13.1. The lowest BCUT2D eigenvalue weighted by Gasteiger charge is -2.09. The number of hydrogen-bond acceptors (Lipinski definition) is 4. The highest BCUT2D eigenvalue weighted by molar-refractivity contribution is 5.72. The molecule has 1 N–H and O–H groups in total. The summed E-state index contributed by atoms with van der Waals surface area (Å²) in [5, 5.41) is 19.0. The summed E-state index contributed by atoms with van der Waals surface area (Å²) in [4.78, 5) is 10.8. The predicted octanol–water partition coefficient (Wildman–Crippen LogP) is 1.40. The maximum Gasteiger partial charge on any atom is 0.328 e. The van der Waals surface area contributed by atoms with E-state index in [1.165, 1.54) is 6.92 Å². The second-order valence-electron chi connectivity index (χ2n) is 3.72. The van der Waals surface area contributed by atoms with Crippen LogP contribution in [0.1, 0.15) is 13.0 Å². The van der Waals surface area contributed by atoms with Crippen molar-refractivity contribution in [1.29, 1.82) is 0 Å². The average Bonchev–Trinajstić information content (AvgIpc) is 2.83. The number of carboxylic acids is 1. The first kappa shape index (κ1) is 13.0. The lowest BCUT2D eigenvalue weighted by atomic mass is 10.2. The van der Waals surface area contributed by atoms with E-state index in [2.05, 4.69) is 15.5 Å². The van der Waals surface area contributed by atoms with Crippen LogP contribution < -0.4 is 0 Å². The second kappa shape index (κ2) is 4.67. The Labute approximate surface area is 104 Å². The van der Waals surface area contributed by atoms with Crippen molar-refractivity contribution < 1.29 is 23.1 Å². The van der Waals surface area contributed by atoms with Gasteiger partial charge in [0.2, 0.25) is 0 Å². The molecule has 9 heteroatoms. The van der Waals surface area contributed by atoms with Crippen LogP contribution >= 0.6 is 0 Å². The van der Waals surface area contributed by atoms with E-state index < -0.39 is 29.5 Å². The number of nitrogens with zero attached hydrogens (tertiary/aromatic N) is 4. The van der Waals surface area contributed by atoms with E-state index >= 15 is 0 Å². The largest absolute Gasteiger partial charge is 0.480 e. The van der Waals surface area contributed by atoms with Crippen molar-refractivity contribution in [3.8, 4) is 11.4 Å². The number of rotatable bonds is 3. The van der Waals surface area contributed by atoms with Gasteiger partial charge in [-0.2, -0.15) is 0 Å². The summed E-state index contributed by atoms with van der Waals surface area (Å²) in [5.41, 5.74) is -0.158. The van der Waals surface area contributed by atoms with Gasteiger partial charge in [-0.15, -0.1) is 5.10 Å². The van der Waals surface area contributed by atoms with Crippen LogP contribution in [0.15, 0.2) is 12.1 Å². The number of carboxylic acid groups (broad SMARTS) is 1. The lowest BCUT2D eigenvalue weighted by Crippen LogP contribution is -2.18. The summed E-state index contributed by atoms with van der Waals surface area (Å²) >= 11 is 0. The molecule has 0 aliphatic carbocycles. The van der Waals surface area contributed by atoms with Gasteiger partial charge in [0.05, 0.1) is 0 Å². The van der Waals surface area contributed by atoms with Crippen molar-refractivity contribution in [3.05, 3.63) is 29.6 Å². The fraction of sp³-hybridized carbons (Fsp3) is 0.200. The Morgan fingerprint density at radius 2 is 1.89 bits per heavy atom. The number of carbonyl (C=O) groups is 1. The van der Waals surface area contributed by atoms with Crippen molar-refractivity contribution in [3.63, 3.8) is 0 Å². The van der Waals surface area contributed by atoms with Gasteiger partial charge >= 0.3 is 5.97 Å². The molecule has 19 heavy (non-hydrogen) atoms. The monoisotopic (exact) mass is 272 g/mol. The zero-order valence-electron chi connectivity index (χ0n) is 9.51. The third-order valence-electron chi connectivity index (χ3n) is 2.46. The maximum atomic E-state index is 13.1. The van der Waals surface area contributed by atoms with Crippen LogP contribution in [-0.2, 0) is 4.79 Å². The number of halogens is 3. The van der Waals surface area contributed by atoms with Gasteiger partial charge in [0, 0.05) is 5.56 Å². The molecule has 1 unspecified atom stereocenters. The molecule has 0 bridgehead atoms. The number of benzene rings is 1. The molecule has 0 saturated carbocycles. The molecule has 0 amide bonds. The van der Waals surface area contributed by atoms with E-state index in [4.69, 9.17) is 5.11 Å². The van der Waals surface area contributed by atoms with Gasteiger partial charge in [-0.05, 0) is 29.5 Å². The molecule has 0 aliphatic rings. The molecule has 1 atom stereocenters. The number of tetrazole rings is 1. The van der Waals surface area contributed by atoms with Gasteiger partial charge in [-0.25, -0.2) is 22.6 Å². The van der Waals surface area contributed by atoms with Crippen LogP contribution in [0.2, 0.25) is 0 Å².